The molecule has 1 atom stereocenters. The summed E-state index contributed by atoms with van der Waals surface area (Å²) >= 11 is 0. The summed E-state index contributed by atoms with van der Waals surface area (Å²) in [5.41, 5.74) is 2.35. The van der Waals surface area contributed by atoms with Crippen molar-refractivity contribution in [2.75, 3.05) is 12.4 Å². The lowest BCUT2D eigenvalue weighted by atomic mass is 9.73. The molecule has 1 unspecified atom stereocenters. The zero-order valence-corrected chi connectivity index (χ0v) is 17.1. The number of ether oxygens (including phenoxy) is 1. The molecule has 1 aromatic carbocycles. The predicted molar refractivity (Wildman–Crippen MR) is 101 cm³/mol. The van der Waals surface area contributed by atoms with Gasteiger partial charge in [0.1, 0.15) is 16.5 Å². The summed E-state index contributed by atoms with van der Waals surface area (Å²) in [6.45, 7) is 14.4. The summed E-state index contributed by atoms with van der Waals surface area (Å²) in [6.07, 6.45) is 0. The molecule has 1 aromatic rings. The van der Waals surface area contributed by atoms with Gasteiger partial charge in [0.05, 0.1) is 23.6 Å². The second-order valence-electron chi connectivity index (χ2n) is 7.99. The SMILES string of the molecule is Cc1cc(OCC(C)C[SH](=O)=O)cc(C)c1B1OC(C)(C)C(C)(C)O1. The Hall–Kier alpha value is -1.05. The minimum absolute atomic E-state index is 0.0375. The summed E-state index contributed by atoms with van der Waals surface area (Å²) < 4.78 is 39.7. The van der Waals surface area contributed by atoms with Gasteiger partial charge in [0.2, 0.25) is 0 Å². The van der Waals surface area contributed by atoms with Crippen molar-refractivity contribution in [3.8, 4) is 5.75 Å². The van der Waals surface area contributed by atoms with Crippen molar-refractivity contribution in [2.45, 2.75) is 59.7 Å². The van der Waals surface area contributed by atoms with Crippen LogP contribution in [0.4, 0.5) is 0 Å². The molecular weight excluding hydrogens is 339 g/mol. The van der Waals surface area contributed by atoms with E-state index in [1.54, 1.807) is 0 Å². The van der Waals surface area contributed by atoms with Crippen LogP contribution in [-0.2, 0) is 20.0 Å². The maximum Gasteiger partial charge on any atom is 0.495 e. The molecule has 0 radical (unpaired) electrons. The fraction of sp³-hybridized carbons (Fsp3) is 0.667. The van der Waals surface area contributed by atoms with E-state index >= 15 is 0 Å². The smallest absolute Gasteiger partial charge is 0.493 e. The van der Waals surface area contributed by atoms with Crippen molar-refractivity contribution in [3.05, 3.63) is 23.3 Å². The first-order chi connectivity index (χ1) is 11.4. The molecule has 1 aliphatic rings. The van der Waals surface area contributed by atoms with Crippen molar-refractivity contribution in [3.63, 3.8) is 0 Å². The Balaban J connectivity index is 2.16. The second kappa shape index (κ2) is 7.29. The quantitative estimate of drug-likeness (QED) is 0.616. The molecular formula is C18H29BO5S. The lowest BCUT2D eigenvalue weighted by Crippen LogP contribution is -2.41. The van der Waals surface area contributed by atoms with Crippen LogP contribution in [0.2, 0.25) is 0 Å². The van der Waals surface area contributed by atoms with Crippen molar-refractivity contribution in [2.24, 2.45) is 5.92 Å². The molecule has 0 aliphatic carbocycles. The first-order valence-corrected chi connectivity index (χ1v) is 10.0. The highest BCUT2D eigenvalue weighted by atomic mass is 32.2. The summed E-state index contributed by atoms with van der Waals surface area (Å²) in [5, 5.41) is 0. The van der Waals surface area contributed by atoms with Gasteiger partial charge in [0.15, 0.2) is 0 Å². The maximum absolute atomic E-state index is 10.8. The number of benzene rings is 1. The molecule has 1 heterocycles. The minimum atomic E-state index is -2.38. The average molecular weight is 368 g/mol. The van der Waals surface area contributed by atoms with Gasteiger partial charge < -0.3 is 14.0 Å². The lowest BCUT2D eigenvalue weighted by Gasteiger charge is -2.32. The van der Waals surface area contributed by atoms with Crippen LogP contribution < -0.4 is 10.2 Å². The van der Waals surface area contributed by atoms with Crippen LogP contribution in [0.15, 0.2) is 12.1 Å². The van der Waals surface area contributed by atoms with Crippen LogP contribution >= 0.6 is 0 Å². The third-order valence-corrected chi connectivity index (χ3v) is 5.97. The van der Waals surface area contributed by atoms with E-state index in [4.69, 9.17) is 14.0 Å². The van der Waals surface area contributed by atoms with E-state index in [1.807, 2.05) is 60.6 Å². The summed E-state index contributed by atoms with van der Waals surface area (Å²) in [7, 11) is -2.78. The molecule has 0 N–H and O–H groups in total. The molecule has 0 bridgehead atoms. The van der Waals surface area contributed by atoms with Gasteiger partial charge in [-0.3, -0.25) is 0 Å². The molecule has 0 saturated carbocycles. The van der Waals surface area contributed by atoms with Crippen LogP contribution in [-0.4, -0.2) is 39.1 Å². The van der Waals surface area contributed by atoms with Crippen LogP contribution in [0, 0.1) is 19.8 Å². The van der Waals surface area contributed by atoms with Crippen molar-refractivity contribution in [1.29, 1.82) is 0 Å². The van der Waals surface area contributed by atoms with Crippen LogP contribution in [0.3, 0.4) is 0 Å². The third-order valence-electron chi connectivity index (χ3n) is 5.05. The van der Waals surface area contributed by atoms with Gasteiger partial charge in [-0.15, -0.1) is 0 Å². The van der Waals surface area contributed by atoms with E-state index < -0.39 is 17.8 Å². The normalized spacial score (nSPS) is 20.1. The third kappa shape index (κ3) is 4.57. The summed E-state index contributed by atoms with van der Waals surface area (Å²) in [6, 6.07) is 3.91. The fourth-order valence-electron chi connectivity index (χ4n) is 2.90. The fourth-order valence-corrected chi connectivity index (χ4v) is 3.51. The Morgan fingerprint density at radius 1 is 1.08 bits per heavy atom. The van der Waals surface area contributed by atoms with Gasteiger partial charge in [-0.1, -0.05) is 6.92 Å². The highest BCUT2D eigenvalue weighted by molar-refractivity contribution is 7.72. The molecule has 5 nitrogen and oxygen atoms in total. The summed E-state index contributed by atoms with van der Waals surface area (Å²) in [4.78, 5) is 0. The van der Waals surface area contributed by atoms with Gasteiger partial charge in [-0.25, -0.2) is 8.42 Å². The molecule has 140 valence electrons. The molecule has 2 rings (SSSR count). The molecule has 7 heteroatoms. The topological polar surface area (TPSA) is 61.8 Å². The van der Waals surface area contributed by atoms with Crippen LogP contribution in [0.5, 0.6) is 5.75 Å². The Bertz CT molecular complexity index is 664. The number of hydrogen-bond donors (Lipinski definition) is 1. The Labute approximate surface area is 153 Å². The Kier molecular flexibility index (Phi) is 5.91. The summed E-state index contributed by atoms with van der Waals surface area (Å²) in [5.74, 6) is 0.840. The van der Waals surface area contributed by atoms with Gasteiger partial charge >= 0.3 is 7.12 Å². The predicted octanol–water partition coefficient (Wildman–Crippen LogP) is 2.23. The number of aryl methyl sites for hydroxylation is 2. The van der Waals surface area contributed by atoms with Crippen LogP contribution in [0.1, 0.15) is 45.7 Å². The molecule has 1 aliphatic heterocycles. The van der Waals surface area contributed by atoms with E-state index in [2.05, 4.69) is 0 Å². The molecule has 1 fully saturated rings. The van der Waals surface area contributed by atoms with E-state index in [1.165, 1.54) is 0 Å². The van der Waals surface area contributed by atoms with Crippen LogP contribution in [0.25, 0.3) is 0 Å². The molecule has 1 saturated heterocycles. The minimum Gasteiger partial charge on any atom is -0.493 e. The van der Waals surface area contributed by atoms with Gasteiger partial charge in [-0.05, 0) is 70.3 Å². The first kappa shape index (κ1) is 20.3. The maximum atomic E-state index is 10.8. The lowest BCUT2D eigenvalue weighted by molar-refractivity contribution is 0.00578. The van der Waals surface area contributed by atoms with Gasteiger partial charge in [-0.2, -0.15) is 0 Å². The second-order valence-corrected chi connectivity index (χ2v) is 9.02. The highest BCUT2D eigenvalue weighted by Gasteiger charge is 2.52. The number of hydrogen-bond acceptors (Lipinski definition) is 5. The van der Waals surface area contributed by atoms with E-state index in [0.29, 0.717) is 6.61 Å². The number of rotatable bonds is 6. The van der Waals surface area contributed by atoms with Crippen molar-refractivity contribution < 1.29 is 22.5 Å². The van der Waals surface area contributed by atoms with E-state index in [9.17, 15) is 8.42 Å². The van der Waals surface area contributed by atoms with Crippen molar-refractivity contribution >= 4 is 23.3 Å². The Morgan fingerprint density at radius 2 is 1.56 bits per heavy atom. The molecule has 0 spiro atoms. The standard InChI is InChI=1S/C18H29BO5S/c1-12(11-25(20)21)10-22-15-8-13(2)16(14(3)9-15)19-23-17(4,5)18(6,7)24-19/h8-9,12,25H,10-11H2,1-7H3. The zero-order valence-electron chi connectivity index (χ0n) is 16.2. The monoisotopic (exact) mass is 368 g/mol. The van der Waals surface area contributed by atoms with Gasteiger partial charge in [0.25, 0.3) is 0 Å². The molecule has 25 heavy (non-hydrogen) atoms. The van der Waals surface area contributed by atoms with E-state index in [0.717, 1.165) is 22.3 Å². The number of thiol groups is 1. The molecule has 0 amide bonds. The molecule has 0 aromatic heterocycles. The Morgan fingerprint density at radius 3 is 2.00 bits per heavy atom. The van der Waals surface area contributed by atoms with Crippen molar-refractivity contribution in [1.82, 2.24) is 0 Å². The largest absolute Gasteiger partial charge is 0.495 e. The van der Waals surface area contributed by atoms with E-state index in [-0.39, 0.29) is 22.9 Å². The zero-order chi connectivity index (χ0) is 19.0. The average Bonchev–Trinajstić information content (AvgIpc) is 2.63. The van der Waals surface area contributed by atoms with Gasteiger partial charge in [0, 0.05) is 5.92 Å². The highest BCUT2D eigenvalue weighted by Crippen LogP contribution is 2.37. The first-order valence-electron chi connectivity index (χ1n) is 8.64.